The molecule has 0 aromatic heterocycles. The summed E-state index contributed by atoms with van der Waals surface area (Å²) in [5.74, 6) is 3.51. The Morgan fingerprint density at radius 3 is 2.23 bits per heavy atom. The van der Waals surface area contributed by atoms with Crippen LogP contribution in [-0.4, -0.2) is 0 Å². The molecule has 1 spiro atoms. The number of hydrogen-bond donors (Lipinski definition) is 0. The molecule has 0 heterocycles. The third-order valence-corrected chi connectivity index (χ3v) is 5.36. The molecule has 3 aliphatic rings. The molecule has 0 bridgehead atoms. The zero-order valence-electron chi connectivity index (χ0n) is 8.89. The van der Waals surface area contributed by atoms with E-state index in [0.29, 0.717) is 0 Å². The van der Waals surface area contributed by atoms with Gasteiger partial charge in [0.1, 0.15) is 0 Å². The number of rotatable bonds is 2. The molecule has 0 N–H and O–H groups in total. The summed E-state index contributed by atoms with van der Waals surface area (Å²) in [7, 11) is 0. The molecule has 74 valence electrons. The Labute approximate surface area is 82.1 Å². The maximum Gasteiger partial charge on any atom is -0.0233 e. The molecule has 3 rings (SSSR count). The second kappa shape index (κ2) is 2.74. The van der Waals surface area contributed by atoms with Gasteiger partial charge in [0.05, 0.1) is 0 Å². The van der Waals surface area contributed by atoms with Gasteiger partial charge in [-0.1, -0.05) is 45.4 Å². The van der Waals surface area contributed by atoms with Crippen molar-refractivity contribution in [3.8, 4) is 0 Å². The number of hydrogen-bond acceptors (Lipinski definition) is 0. The molecule has 13 heavy (non-hydrogen) atoms. The molecule has 0 nitrogen and oxygen atoms in total. The molecular weight excluding hydrogens is 156 g/mol. The van der Waals surface area contributed by atoms with Gasteiger partial charge in [0.2, 0.25) is 0 Å². The average molecular weight is 178 g/mol. The van der Waals surface area contributed by atoms with E-state index in [1.807, 2.05) is 0 Å². The predicted octanol–water partition coefficient (Wildman–Crippen LogP) is 4.00. The van der Waals surface area contributed by atoms with Crippen molar-refractivity contribution < 1.29 is 0 Å². The highest BCUT2D eigenvalue weighted by molar-refractivity contribution is 5.14. The molecule has 0 amide bonds. The third kappa shape index (κ3) is 0.980. The first-order valence-corrected chi connectivity index (χ1v) is 6.38. The second-order valence-corrected chi connectivity index (χ2v) is 5.67. The van der Waals surface area contributed by atoms with Gasteiger partial charge in [-0.15, -0.1) is 0 Å². The monoisotopic (exact) mass is 178 g/mol. The zero-order valence-corrected chi connectivity index (χ0v) is 8.89. The van der Waals surface area contributed by atoms with Crippen LogP contribution in [0.3, 0.4) is 0 Å². The Hall–Kier alpha value is 0. The molecule has 0 saturated heterocycles. The molecule has 3 fully saturated rings. The van der Waals surface area contributed by atoms with Gasteiger partial charge in [-0.3, -0.25) is 0 Å². The highest BCUT2D eigenvalue weighted by atomic mass is 14.7. The maximum absolute atomic E-state index is 2.42. The van der Waals surface area contributed by atoms with Crippen LogP contribution in [0.5, 0.6) is 0 Å². The fourth-order valence-corrected chi connectivity index (χ4v) is 4.61. The van der Waals surface area contributed by atoms with E-state index in [9.17, 15) is 0 Å². The molecule has 0 aromatic carbocycles. The Kier molecular flexibility index (Phi) is 1.76. The lowest BCUT2D eigenvalue weighted by molar-refractivity contribution is 0.236. The van der Waals surface area contributed by atoms with E-state index in [-0.39, 0.29) is 0 Å². The van der Waals surface area contributed by atoms with Gasteiger partial charge < -0.3 is 0 Å². The van der Waals surface area contributed by atoms with E-state index in [4.69, 9.17) is 0 Å². The van der Waals surface area contributed by atoms with Gasteiger partial charge >= 0.3 is 0 Å². The summed E-state index contributed by atoms with van der Waals surface area (Å²) in [4.78, 5) is 0. The van der Waals surface area contributed by atoms with E-state index in [1.165, 1.54) is 24.7 Å². The van der Waals surface area contributed by atoms with Crippen LogP contribution >= 0.6 is 0 Å². The highest BCUT2D eigenvalue weighted by Crippen LogP contribution is 2.73. The lowest BCUT2D eigenvalue weighted by Crippen LogP contribution is -2.16. The van der Waals surface area contributed by atoms with E-state index < -0.39 is 0 Å². The van der Waals surface area contributed by atoms with Crippen molar-refractivity contribution in [2.24, 2.45) is 23.2 Å². The van der Waals surface area contributed by atoms with E-state index in [0.717, 1.165) is 11.3 Å². The van der Waals surface area contributed by atoms with Crippen molar-refractivity contribution >= 4 is 0 Å². The predicted molar refractivity (Wildman–Crippen MR) is 55.5 cm³/mol. The minimum atomic E-state index is 0.903. The molecule has 0 radical (unpaired) electrons. The Morgan fingerprint density at radius 1 is 1.08 bits per heavy atom. The Morgan fingerprint density at radius 2 is 1.77 bits per heavy atom. The molecule has 2 unspecified atom stereocenters. The summed E-state index contributed by atoms with van der Waals surface area (Å²) in [5, 5.41) is 0. The van der Waals surface area contributed by atoms with Crippen LogP contribution in [0.25, 0.3) is 0 Å². The van der Waals surface area contributed by atoms with Crippen molar-refractivity contribution in [3.63, 3.8) is 0 Å². The topological polar surface area (TPSA) is 0 Å². The van der Waals surface area contributed by atoms with Crippen LogP contribution in [0, 0.1) is 23.2 Å². The van der Waals surface area contributed by atoms with Crippen molar-refractivity contribution in [1.82, 2.24) is 0 Å². The van der Waals surface area contributed by atoms with E-state index in [2.05, 4.69) is 6.92 Å². The third-order valence-electron chi connectivity index (χ3n) is 5.36. The van der Waals surface area contributed by atoms with E-state index in [1.54, 1.807) is 38.5 Å². The molecule has 2 atom stereocenters. The highest BCUT2D eigenvalue weighted by Gasteiger charge is 2.65. The molecule has 0 heteroatoms. The second-order valence-electron chi connectivity index (χ2n) is 5.67. The summed E-state index contributed by atoms with van der Waals surface area (Å²) >= 11 is 0. The van der Waals surface area contributed by atoms with Crippen LogP contribution in [0.1, 0.15) is 58.3 Å². The van der Waals surface area contributed by atoms with Gasteiger partial charge in [0.25, 0.3) is 0 Å². The van der Waals surface area contributed by atoms with Crippen LogP contribution in [0.4, 0.5) is 0 Å². The SMILES string of the molecule is CCC1C(C2CCC2)C12CCCC2. The van der Waals surface area contributed by atoms with Crippen molar-refractivity contribution in [3.05, 3.63) is 0 Å². The van der Waals surface area contributed by atoms with Gasteiger partial charge in [-0.2, -0.15) is 0 Å². The molecule has 0 aliphatic heterocycles. The maximum atomic E-state index is 2.42. The van der Waals surface area contributed by atoms with Crippen LogP contribution in [-0.2, 0) is 0 Å². The Balaban J connectivity index is 1.74. The molecule has 3 saturated carbocycles. The van der Waals surface area contributed by atoms with Gasteiger partial charge in [-0.25, -0.2) is 0 Å². The summed E-state index contributed by atoms with van der Waals surface area (Å²) in [6.45, 7) is 2.42. The summed E-state index contributed by atoms with van der Waals surface area (Å²) in [5.41, 5.74) is 0.903. The smallest absolute Gasteiger partial charge is 0.0233 e. The van der Waals surface area contributed by atoms with Crippen molar-refractivity contribution in [2.45, 2.75) is 58.3 Å². The lowest BCUT2D eigenvalue weighted by atomic mass is 9.78. The fraction of sp³-hybridized carbons (Fsp3) is 1.00. The van der Waals surface area contributed by atoms with Crippen molar-refractivity contribution in [1.29, 1.82) is 0 Å². The zero-order chi connectivity index (χ0) is 8.89. The first kappa shape index (κ1) is 8.32. The quantitative estimate of drug-likeness (QED) is 0.599. The van der Waals surface area contributed by atoms with Gasteiger partial charge in [0, 0.05) is 0 Å². The molecule has 0 aromatic rings. The fourth-order valence-electron chi connectivity index (χ4n) is 4.61. The van der Waals surface area contributed by atoms with E-state index >= 15 is 0 Å². The largest absolute Gasteiger partial charge is 0.0651 e. The van der Waals surface area contributed by atoms with Crippen molar-refractivity contribution in [2.75, 3.05) is 0 Å². The summed E-state index contributed by atoms with van der Waals surface area (Å²) in [6.07, 6.45) is 12.4. The Bertz CT molecular complexity index is 196. The first-order valence-electron chi connectivity index (χ1n) is 6.38. The lowest BCUT2D eigenvalue weighted by Gasteiger charge is -2.27. The molecular formula is C13H22. The van der Waals surface area contributed by atoms with Crippen LogP contribution in [0.15, 0.2) is 0 Å². The van der Waals surface area contributed by atoms with Crippen LogP contribution in [0.2, 0.25) is 0 Å². The average Bonchev–Trinajstić information content (AvgIpc) is 2.41. The summed E-state index contributed by atoms with van der Waals surface area (Å²) < 4.78 is 0. The normalized spacial score (nSPS) is 42.2. The van der Waals surface area contributed by atoms with Gasteiger partial charge in [0.15, 0.2) is 0 Å². The summed E-state index contributed by atoms with van der Waals surface area (Å²) in [6, 6.07) is 0. The van der Waals surface area contributed by atoms with Crippen LogP contribution < -0.4 is 0 Å². The minimum Gasteiger partial charge on any atom is -0.0651 e. The standard InChI is InChI=1S/C13H22/c1-2-11-12(10-6-5-7-10)13(11)8-3-4-9-13/h10-12H,2-9H2,1H3. The minimum absolute atomic E-state index is 0.903. The molecule has 3 aliphatic carbocycles. The van der Waals surface area contributed by atoms with Gasteiger partial charge in [-0.05, 0) is 36.0 Å². The first-order chi connectivity index (χ1) is 6.38.